The lowest BCUT2D eigenvalue weighted by Gasteiger charge is -2.42. The Bertz CT molecular complexity index is 1560. The van der Waals surface area contributed by atoms with E-state index in [0.29, 0.717) is 0 Å². The molecule has 0 radical (unpaired) electrons. The lowest BCUT2D eigenvalue weighted by atomic mass is 9.71. The van der Waals surface area contributed by atoms with Crippen LogP contribution < -0.4 is 21.7 Å². The Balaban J connectivity index is 1.70. The molecular weight excluding hydrogens is 582 g/mol. The van der Waals surface area contributed by atoms with Crippen LogP contribution in [0.5, 0.6) is 17.2 Å². The number of nitrogens with one attached hydrogen (secondary N) is 1. The number of methoxy groups -OCH3 is 1. The molecule has 5 rings (SSSR count). The summed E-state index contributed by atoms with van der Waals surface area (Å²) in [6.07, 6.45) is -5.53. The average molecular weight is 616 g/mol. The number of aliphatic hydroxyl groups excluding tert-OH is 2. The molecule has 15 heteroatoms. The van der Waals surface area contributed by atoms with Crippen molar-refractivity contribution >= 4 is 23.1 Å². The minimum Gasteiger partial charge on any atom is -0.507 e. The first-order chi connectivity index (χ1) is 20.8. The molecular formula is C29H33N3O12. The van der Waals surface area contributed by atoms with E-state index >= 15 is 0 Å². The van der Waals surface area contributed by atoms with Gasteiger partial charge in [0.25, 0.3) is 0 Å². The zero-order valence-electron chi connectivity index (χ0n) is 23.8. The fraction of sp³-hybridized carbons (Fsp3) is 0.448. The van der Waals surface area contributed by atoms with Crippen molar-refractivity contribution in [1.82, 2.24) is 5.43 Å². The summed E-state index contributed by atoms with van der Waals surface area (Å²) in [6.45, 7) is 0.178. The molecule has 6 atom stereocenters. The summed E-state index contributed by atoms with van der Waals surface area (Å²) >= 11 is 0. The highest BCUT2D eigenvalue weighted by Gasteiger charge is 2.50. The van der Waals surface area contributed by atoms with E-state index in [-0.39, 0.29) is 46.5 Å². The first-order valence-corrected chi connectivity index (χ1v) is 13.8. The fourth-order valence-electron chi connectivity index (χ4n) is 6.24. The molecule has 1 saturated heterocycles. The minimum atomic E-state index is -2.30. The van der Waals surface area contributed by atoms with Crippen LogP contribution in [0.3, 0.4) is 0 Å². The number of fused-ring (bicyclic) bond motifs is 3. The summed E-state index contributed by atoms with van der Waals surface area (Å²) in [7, 11) is 1.19. The predicted octanol–water partition coefficient (Wildman–Crippen LogP) is -1.35. The third-order valence-electron chi connectivity index (χ3n) is 8.48. The van der Waals surface area contributed by atoms with Crippen LogP contribution >= 0.6 is 0 Å². The second-order valence-electron chi connectivity index (χ2n) is 11.2. The molecule has 0 unspecified atom stereocenters. The van der Waals surface area contributed by atoms with Gasteiger partial charge in [-0.25, -0.2) is 0 Å². The Morgan fingerprint density at radius 1 is 1.14 bits per heavy atom. The van der Waals surface area contributed by atoms with E-state index in [0.717, 1.165) is 0 Å². The highest BCUT2D eigenvalue weighted by molar-refractivity contribution is 6.32. The number of rotatable bonds is 8. The van der Waals surface area contributed by atoms with Gasteiger partial charge in [-0.15, -0.1) is 0 Å². The highest BCUT2D eigenvalue weighted by Crippen LogP contribution is 2.52. The molecule has 2 aromatic rings. The lowest BCUT2D eigenvalue weighted by molar-refractivity contribution is -0.247. The number of phenols is 2. The van der Waals surface area contributed by atoms with Gasteiger partial charge in [0.2, 0.25) is 5.78 Å². The van der Waals surface area contributed by atoms with E-state index in [1.165, 1.54) is 19.2 Å². The van der Waals surface area contributed by atoms with E-state index in [2.05, 4.69) is 5.43 Å². The van der Waals surface area contributed by atoms with Gasteiger partial charge < -0.3 is 45.5 Å². The van der Waals surface area contributed by atoms with Crippen molar-refractivity contribution in [1.29, 1.82) is 0 Å². The van der Waals surface area contributed by atoms with E-state index in [4.69, 9.17) is 25.8 Å². The van der Waals surface area contributed by atoms with Crippen molar-refractivity contribution in [2.75, 3.05) is 20.3 Å². The molecule has 1 fully saturated rings. The smallest absolute Gasteiger partial charge is 0.202 e. The molecule has 0 saturated carbocycles. The molecule has 15 nitrogen and oxygen atoms in total. The topological polar surface area (TPSA) is 261 Å². The standard InChI is InChI=1S/C29H33N3O12/c1-10-23(36)14(30)5-18(43-10)44-16-7-29(41,17(35)9-33)6-13-19(16)26(39)22-21(25(13)38)24(37)12-4-3-11(15(34)8-32-31)28(42-2)20(12)27(22)40/h3-4,10,14,16,18,23,32-33,36,38-39,41H,5-9,30-31H2,1-2H3/t10-,14-,16-,18-,23+,29-/m0/s1. The summed E-state index contributed by atoms with van der Waals surface area (Å²) in [4.78, 5) is 53.2. The molecule has 2 aliphatic carbocycles. The molecule has 44 heavy (non-hydrogen) atoms. The van der Waals surface area contributed by atoms with Crippen molar-refractivity contribution in [3.63, 3.8) is 0 Å². The number of phenolic OH excluding ortho intramolecular Hbond substituents is 2. The van der Waals surface area contributed by atoms with Gasteiger partial charge in [0.15, 0.2) is 23.6 Å². The normalized spacial score (nSPS) is 27.8. The van der Waals surface area contributed by atoms with E-state index in [1.807, 2.05) is 0 Å². The monoisotopic (exact) mass is 615 g/mol. The van der Waals surface area contributed by atoms with Crippen molar-refractivity contribution in [2.24, 2.45) is 11.6 Å². The summed E-state index contributed by atoms with van der Waals surface area (Å²) < 4.78 is 17.1. The average Bonchev–Trinajstić information content (AvgIpc) is 2.98. The van der Waals surface area contributed by atoms with Gasteiger partial charge in [0.05, 0.1) is 54.2 Å². The van der Waals surface area contributed by atoms with Gasteiger partial charge in [-0.3, -0.25) is 30.4 Å². The molecule has 0 bridgehead atoms. The van der Waals surface area contributed by atoms with Gasteiger partial charge in [0, 0.05) is 42.0 Å². The largest absolute Gasteiger partial charge is 0.507 e. The molecule has 1 heterocycles. The number of Topliss-reactive ketones (excluding diaryl/α,β-unsaturated/α-hetero) is 2. The molecule has 2 aromatic carbocycles. The maximum Gasteiger partial charge on any atom is 0.202 e. The Hall–Kier alpha value is -3.80. The molecule has 3 aliphatic rings. The Morgan fingerprint density at radius 3 is 2.43 bits per heavy atom. The van der Waals surface area contributed by atoms with Crippen molar-refractivity contribution < 1.29 is 58.9 Å². The number of aromatic hydroxyl groups is 2. The second kappa shape index (κ2) is 11.6. The zero-order valence-corrected chi connectivity index (χ0v) is 23.8. The molecule has 10 N–H and O–H groups in total. The fourth-order valence-corrected chi connectivity index (χ4v) is 6.24. The molecule has 0 aromatic heterocycles. The zero-order chi connectivity index (χ0) is 32.2. The summed E-state index contributed by atoms with van der Waals surface area (Å²) in [6, 6.07) is 1.69. The highest BCUT2D eigenvalue weighted by atomic mass is 16.7. The number of carbonyl (C=O) groups is 4. The molecule has 1 aliphatic heterocycles. The number of benzene rings is 2. The maximum atomic E-state index is 14.0. The van der Waals surface area contributed by atoms with Crippen LogP contribution in [-0.4, -0.2) is 99.1 Å². The number of nitrogens with two attached hydrogens (primary N) is 2. The summed E-state index contributed by atoms with van der Waals surface area (Å²) in [5.41, 5.74) is 3.67. The van der Waals surface area contributed by atoms with Crippen LogP contribution in [0.25, 0.3) is 0 Å². The number of carbonyl (C=O) groups excluding carboxylic acids is 4. The first kappa shape index (κ1) is 31.6. The van der Waals surface area contributed by atoms with E-state index in [9.17, 15) is 44.7 Å². The number of ether oxygens (including phenoxy) is 3. The third kappa shape index (κ3) is 4.87. The number of hydrogen-bond acceptors (Lipinski definition) is 15. The van der Waals surface area contributed by atoms with E-state index < -0.39 is 101 Å². The second-order valence-corrected chi connectivity index (χ2v) is 11.2. The van der Waals surface area contributed by atoms with Gasteiger partial charge in [-0.05, 0) is 19.1 Å². The SMILES string of the molecule is COc1c(C(=O)CNN)ccc2c1C(=O)c1c(O)c3c(c(O)c1C2=O)C[C@@](O)(C(=O)CO)C[C@@H]3O[C@H]1C[C@H](N)[C@H](O)[C@H](C)O1. The van der Waals surface area contributed by atoms with Gasteiger partial charge in [-0.1, -0.05) is 0 Å². The summed E-state index contributed by atoms with van der Waals surface area (Å²) in [5, 5.41) is 54.2. The Kier molecular flexibility index (Phi) is 8.34. The summed E-state index contributed by atoms with van der Waals surface area (Å²) in [5.74, 6) is 0.0638. The van der Waals surface area contributed by atoms with Gasteiger partial charge in [0.1, 0.15) is 29.5 Å². The van der Waals surface area contributed by atoms with Crippen LogP contribution in [0, 0.1) is 0 Å². The number of hydrogen-bond donors (Lipinski definition) is 8. The van der Waals surface area contributed by atoms with Crippen molar-refractivity contribution in [2.45, 2.75) is 62.4 Å². The third-order valence-corrected chi connectivity index (χ3v) is 8.48. The number of ketones is 4. The molecule has 0 spiro atoms. The maximum absolute atomic E-state index is 14.0. The van der Waals surface area contributed by atoms with Gasteiger partial charge >= 0.3 is 0 Å². The number of aliphatic hydroxyl groups is 3. The van der Waals surface area contributed by atoms with Crippen LogP contribution in [0.15, 0.2) is 12.1 Å². The van der Waals surface area contributed by atoms with Gasteiger partial charge in [-0.2, -0.15) is 0 Å². The quantitative estimate of drug-likeness (QED) is 0.0630. The predicted molar refractivity (Wildman–Crippen MR) is 148 cm³/mol. The Labute approximate surface area is 250 Å². The Morgan fingerprint density at radius 2 is 1.82 bits per heavy atom. The van der Waals surface area contributed by atoms with Crippen LogP contribution in [0.1, 0.15) is 79.2 Å². The minimum absolute atomic E-state index is 0.0299. The molecule has 236 valence electrons. The molecule has 0 amide bonds. The van der Waals surface area contributed by atoms with Crippen LogP contribution in [-0.2, 0) is 20.7 Å². The number of hydrazine groups is 1. The van der Waals surface area contributed by atoms with E-state index in [1.54, 1.807) is 6.92 Å². The lowest BCUT2D eigenvalue weighted by Crippen LogP contribution is -2.53. The van der Waals surface area contributed by atoms with Crippen LogP contribution in [0.4, 0.5) is 0 Å². The van der Waals surface area contributed by atoms with Crippen LogP contribution in [0.2, 0.25) is 0 Å². The van der Waals surface area contributed by atoms with Crippen molar-refractivity contribution in [3.8, 4) is 17.2 Å². The van der Waals surface area contributed by atoms with Crippen molar-refractivity contribution in [3.05, 3.63) is 51.1 Å². The first-order valence-electron chi connectivity index (χ1n) is 13.8.